The zero-order chi connectivity index (χ0) is 17.3. The van der Waals surface area contributed by atoms with Crippen molar-refractivity contribution in [3.63, 3.8) is 0 Å². The number of hydrogen-bond donors (Lipinski definition) is 2. The summed E-state index contributed by atoms with van der Waals surface area (Å²) < 4.78 is 14.1. The zero-order valence-electron chi connectivity index (χ0n) is 13.5. The van der Waals surface area contributed by atoms with Gasteiger partial charge in [-0.25, -0.2) is 19.2 Å². The molecule has 2 N–H and O–H groups in total. The summed E-state index contributed by atoms with van der Waals surface area (Å²) in [5.41, 5.74) is 0.152. The monoisotopic (exact) mass is 330 g/mol. The van der Waals surface area contributed by atoms with Gasteiger partial charge >= 0.3 is 5.97 Å². The van der Waals surface area contributed by atoms with Crippen LogP contribution in [0.1, 0.15) is 24.2 Å². The van der Waals surface area contributed by atoms with E-state index in [2.05, 4.69) is 29.1 Å². The minimum Gasteiger partial charge on any atom is -0.478 e. The average Bonchev–Trinajstić information content (AvgIpc) is 2.53. The van der Waals surface area contributed by atoms with E-state index in [-0.39, 0.29) is 28.9 Å². The van der Waals surface area contributed by atoms with Crippen molar-refractivity contribution in [3.05, 3.63) is 41.8 Å². The highest BCUT2D eigenvalue weighted by molar-refractivity contribution is 5.94. The fourth-order valence-electron chi connectivity index (χ4n) is 3.03. The maximum atomic E-state index is 14.1. The quantitative estimate of drug-likeness (QED) is 0.898. The highest BCUT2D eigenvalue weighted by atomic mass is 19.1. The van der Waals surface area contributed by atoms with Crippen LogP contribution in [0.2, 0.25) is 0 Å². The summed E-state index contributed by atoms with van der Waals surface area (Å²) in [6.45, 7) is 5.53. The van der Waals surface area contributed by atoms with Crippen molar-refractivity contribution in [1.82, 2.24) is 15.3 Å². The molecule has 24 heavy (non-hydrogen) atoms. The van der Waals surface area contributed by atoms with Crippen molar-refractivity contribution in [2.24, 2.45) is 0 Å². The Morgan fingerprint density at radius 2 is 1.96 bits per heavy atom. The van der Waals surface area contributed by atoms with Crippen LogP contribution >= 0.6 is 0 Å². The van der Waals surface area contributed by atoms with Gasteiger partial charge in [-0.05, 0) is 26.0 Å². The van der Waals surface area contributed by atoms with Gasteiger partial charge in [0, 0.05) is 36.9 Å². The maximum absolute atomic E-state index is 14.1. The molecule has 1 saturated heterocycles. The molecule has 0 saturated carbocycles. The third-order valence-corrected chi connectivity index (χ3v) is 3.98. The Morgan fingerprint density at radius 1 is 1.29 bits per heavy atom. The second kappa shape index (κ2) is 6.52. The van der Waals surface area contributed by atoms with Crippen LogP contribution in [0.15, 0.2) is 30.5 Å². The molecule has 1 aromatic carbocycles. The van der Waals surface area contributed by atoms with E-state index in [1.54, 1.807) is 12.1 Å². The van der Waals surface area contributed by atoms with Crippen LogP contribution in [-0.4, -0.2) is 46.2 Å². The first kappa shape index (κ1) is 16.3. The minimum atomic E-state index is -1.18. The van der Waals surface area contributed by atoms with Gasteiger partial charge in [0.25, 0.3) is 0 Å². The smallest absolute Gasteiger partial charge is 0.339 e. The predicted octanol–water partition coefficient (Wildman–Crippen LogP) is 2.17. The third kappa shape index (κ3) is 3.21. The summed E-state index contributed by atoms with van der Waals surface area (Å²) in [6, 6.07) is 6.54. The van der Waals surface area contributed by atoms with Crippen LogP contribution in [0.25, 0.3) is 11.3 Å². The van der Waals surface area contributed by atoms with Gasteiger partial charge < -0.3 is 15.3 Å². The van der Waals surface area contributed by atoms with Crippen molar-refractivity contribution in [2.75, 3.05) is 18.0 Å². The molecule has 1 aliphatic rings. The minimum absolute atomic E-state index is 0.101. The van der Waals surface area contributed by atoms with Gasteiger partial charge in [0.1, 0.15) is 11.4 Å². The van der Waals surface area contributed by atoms with Crippen LogP contribution in [0.3, 0.4) is 0 Å². The molecule has 2 unspecified atom stereocenters. The number of rotatable bonds is 3. The molecule has 0 spiro atoms. The van der Waals surface area contributed by atoms with E-state index in [9.17, 15) is 14.3 Å². The van der Waals surface area contributed by atoms with Gasteiger partial charge in [-0.1, -0.05) is 12.1 Å². The van der Waals surface area contributed by atoms with Gasteiger partial charge in [-0.15, -0.1) is 0 Å². The van der Waals surface area contributed by atoms with E-state index < -0.39 is 11.8 Å². The molecule has 0 amide bonds. The van der Waals surface area contributed by atoms with Gasteiger partial charge in [0.2, 0.25) is 5.95 Å². The number of carboxylic acid groups (broad SMARTS) is 1. The number of piperazine rings is 1. The van der Waals surface area contributed by atoms with Gasteiger partial charge in [-0.3, -0.25) is 0 Å². The first-order valence-corrected chi connectivity index (χ1v) is 7.82. The van der Waals surface area contributed by atoms with Crippen LogP contribution in [0, 0.1) is 5.82 Å². The standard InChI is InChI=1S/C17H19FN4O2/c1-10-8-22(9-11(2)20-10)17-19-7-13(16(23)24)15(21-17)12-5-3-4-6-14(12)18/h3-7,10-11,20H,8-9H2,1-2H3,(H,23,24). The van der Waals surface area contributed by atoms with E-state index in [1.807, 2.05) is 4.90 Å². The molecule has 2 aromatic rings. The number of aromatic nitrogens is 2. The van der Waals surface area contributed by atoms with Crippen molar-refractivity contribution >= 4 is 11.9 Å². The first-order chi connectivity index (χ1) is 11.5. The molecule has 2 atom stereocenters. The number of nitrogens with zero attached hydrogens (tertiary/aromatic N) is 3. The Kier molecular flexibility index (Phi) is 4.44. The summed E-state index contributed by atoms with van der Waals surface area (Å²) in [6.07, 6.45) is 1.25. The van der Waals surface area contributed by atoms with Crippen molar-refractivity contribution in [1.29, 1.82) is 0 Å². The van der Waals surface area contributed by atoms with Crippen LogP contribution in [-0.2, 0) is 0 Å². The number of halogens is 1. The summed E-state index contributed by atoms with van der Waals surface area (Å²) >= 11 is 0. The Bertz CT molecular complexity index is 758. The van der Waals surface area contributed by atoms with E-state index in [0.29, 0.717) is 19.0 Å². The Morgan fingerprint density at radius 3 is 2.58 bits per heavy atom. The molecular weight excluding hydrogens is 311 g/mol. The Balaban J connectivity index is 2.07. The van der Waals surface area contributed by atoms with Gasteiger partial charge in [-0.2, -0.15) is 0 Å². The van der Waals surface area contributed by atoms with Crippen molar-refractivity contribution < 1.29 is 14.3 Å². The summed E-state index contributed by atoms with van der Waals surface area (Å²) in [5, 5.41) is 12.8. The lowest BCUT2D eigenvalue weighted by Gasteiger charge is -2.36. The largest absolute Gasteiger partial charge is 0.478 e. The van der Waals surface area contributed by atoms with Crippen molar-refractivity contribution in [3.8, 4) is 11.3 Å². The highest BCUT2D eigenvalue weighted by Crippen LogP contribution is 2.26. The number of benzene rings is 1. The van der Waals surface area contributed by atoms with E-state index >= 15 is 0 Å². The molecule has 0 bridgehead atoms. The highest BCUT2D eigenvalue weighted by Gasteiger charge is 2.25. The number of aromatic carboxylic acids is 1. The van der Waals surface area contributed by atoms with Crippen LogP contribution < -0.4 is 10.2 Å². The molecule has 2 heterocycles. The molecule has 6 nitrogen and oxygen atoms in total. The van der Waals surface area contributed by atoms with Crippen molar-refractivity contribution in [2.45, 2.75) is 25.9 Å². The fourth-order valence-corrected chi connectivity index (χ4v) is 3.03. The molecule has 1 aromatic heterocycles. The third-order valence-electron chi connectivity index (χ3n) is 3.98. The SMILES string of the molecule is CC1CN(c2ncc(C(=O)O)c(-c3ccccc3F)n2)CC(C)N1. The van der Waals surface area contributed by atoms with E-state index in [1.165, 1.54) is 18.3 Å². The molecular formula is C17H19FN4O2. The lowest BCUT2D eigenvalue weighted by atomic mass is 10.1. The summed E-state index contributed by atoms with van der Waals surface area (Å²) in [5.74, 6) is -1.27. The van der Waals surface area contributed by atoms with Crippen LogP contribution in [0.4, 0.5) is 10.3 Å². The number of hydrogen-bond acceptors (Lipinski definition) is 5. The molecule has 0 aliphatic carbocycles. The number of anilines is 1. The Hall–Kier alpha value is -2.54. The number of carbonyl (C=O) groups is 1. The van der Waals surface area contributed by atoms with Gasteiger partial charge in [0.15, 0.2) is 0 Å². The summed E-state index contributed by atoms with van der Waals surface area (Å²) in [7, 11) is 0. The summed E-state index contributed by atoms with van der Waals surface area (Å²) in [4.78, 5) is 22.0. The molecule has 1 fully saturated rings. The van der Waals surface area contributed by atoms with E-state index in [4.69, 9.17) is 0 Å². The zero-order valence-corrected chi connectivity index (χ0v) is 13.5. The number of carboxylic acids is 1. The normalized spacial score (nSPS) is 20.9. The predicted molar refractivity (Wildman–Crippen MR) is 88.7 cm³/mol. The second-order valence-corrected chi connectivity index (χ2v) is 6.09. The topological polar surface area (TPSA) is 78.4 Å². The molecule has 1 aliphatic heterocycles. The first-order valence-electron chi connectivity index (χ1n) is 7.82. The van der Waals surface area contributed by atoms with Crippen LogP contribution in [0.5, 0.6) is 0 Å². The molecule has 0 radical (unpaired) electrons. The molecule has 126 valence electrons. The number of nitrogens with one attached hydrogen (secondary N) is 1. The second-order valence-electron chi connectivity index (χ2n) is 6.09. The maximum Gasteiger partial charge on any atom is 0.339 e. The Labute approximate surface area is 139 Å². The average molecular weight is 330 g/mol. The molecule has 3 rings (SSSR count). The fraction of sp³-hybridized carbons (Fsp3) is 0.353. The lowest BCUT2D eigenvalue weighted by molar-refractivity contribution is 0.0697. The lowest BCUT2D eigenvalue weighted by Crippen LogP contribution is -2.54. The molecule has 7 heteroatoms. The van der Waals surface area contributed by atoms with Gasteiger partial charge in [0.05, 0.1) is 5.69 Å². The van der Waals surface area contributed by atoms with E-state index in [0.717, 1.165) is 0 Å².